The molecule has 0 radical (unpaired) electrons. The quantitative estimate of drug-likeness (QED) is 0.529. The van der Waals surface area contributed by atoms with Crippen LogP contribution in [0.15, 0.2) is 46.8 Å². The molecule has 144 valence electrons. The smallest absolute Gasteiger partial charge is 0.161 e. The van der Waals surface area contributed by atoms with Gasteiger partial charge in [-0.3, -0.25) is 9.99 Å². The van der Waals surface area contributed by atoms with Gasteiger partial charge < -0.3 is 21.5 Å². The van der Waals surface area contributed by atoms with Crippen molar-refractivity contribution in [1.82, 2.24) is 4.57 Å². The Balaban J connectivity index is 0.00000261. The minimum absolute atomic E-state index is 0. The van der Waals surface area contributed by atoms with Crippen molar-refractivity contribution in [3.63, 3.8) is 0 Å². The lowest BCUT2D eigenvalue weighted by Crippen LogP contribution is -3.00. The van der Waals surface area contributed by atoms with E-state index in [1.54, 1.807) is 0 Å². The minimum atomic E-state index is 0. The van der Waals surface area contributed by atoms with Crippen LogP contribution in [0, 0.1) is 12.3 Å². The average molecular weight is 431 g/mol. The third kappa shape index (κ3) is 4.34. The predicted octanol–water partition coefficient (Wildman–Crippen LogP) is 1.20. The number of anilines is 2. The Morgan fingerprint density at radius 2 is 1.93 bits per heavy atom. The number of hydrazine groups is 1. The fraction of sp³-hybridized carbons (Fsp3) is 0.400. The second kappa shape index (κ2) is 9.07. The summed E-state index contributed by atoms with van der Waals surface area (Å²) in [6.07, 6.45) is 7.63. The topological polar surface area (TPSA) is 44.9 Å². The van der Waals surface area contributed by atoms with Crippen molar-refractivity contribution in [2.24, 2.45) is 10.2 Å². The van der Waals surface area contributed by atoms with Gasteiger partial charge in [0.05, 0.1) is 25.3 Å². The van der Waals surface area contributed by atoms with E-state index < -0.39 is 0 Å². The minimum Gasteiger partial charge on any atom is -1.00 e. The number of nitrogens with one attached hydrogen (secondary N) is 1. The van der Waals surface area contributed by atoms with E-state index >= 15 is 0 Å². The van der Waals surface area contributed by atoms with Crippen molar-refractivity contribution < 1.29 is 21.5 Å². The second-order valence-corrected chi connectivity index (χ2v) is 6.57. The van der Waals surface area contributed by atoms with Gasteiger partial charge >= 0.3 is 0 Å². The SMILES string of the molecule is C#Cc1cccc(NN2CN=Nc3ccn(C[N+](CC)(CC)CC)c32)c1.[Br-]. The molecule has 0 bridgehead atoms. The molecule has 2 heterocycles. The molecule has 0 atom stereocenters. The highest BCUT2D eigenvalue weighted by atomic mass is 79.9. The summed E-state index contributed by atoms with van der Waals surface area (Å²) in [4.78, 5) is 0. The fourth-order valence-corrected chi connectivity index (χ4v) is 3.39. The van der Waals surface area contributed by atoms with Crippen molar-refractivity contribution in [2.75, 3.05) is 36.7 Å². The van der Waals surface area contributed by atoms with E-state index in [0.717, 1.165) is 53.5 Å². The first-order chi connectivity index (χ1) is 12.6. The number of halogens is 1. The zero-order valence-corrected chi connectivity index (χ0v) is 17.8. The van der Waals surface area contributed by atoms with Crippen LogP contribution in [0.2, 0.25) is 0 Å². The lowest BCUT2D eigenvalue weighted by molar-refractivity contribution is -0.944. The molecule has 0 unspecified atom stereocenters. The first-order valence-electron chi connectivity index (χ1n) is 9.17. The average Bonchev–Trinajstić information content (AvgIpc) is 3.10. The molecule has 0 saturated carbocycles. The van der Waals surface area contributed by atoms with E-state index in [2.05, 4.69) is 53.1 Å². The van der Waals surface area contributed by atoms with Crippen molar-refractivity contribution >= 4 is 17.2 Å². The summed E-state index contributed by atoms with van der Waals surface area (Å²) in [6, 6.07) is 9.87. The Kier molecular flexibility index (Phi) is 7.05. The third-order valence-electron chi connectivity index (χ3n) is 5.31. The highest BCUT2D eigenvalue weighted by Crippen LogP contribution is 2.34. The van der Waals surface area contributed by atoms with Crippen LogP contribution in [0.4, 0.5) is 17.2 Å². The molecule has 1 N–H and O–H groups in total. The van der Waals surface area contributed by atoms with E-state index in [9.17, 15) is 0 Å². The van der Waals surface area contributed by atoms with Crippen LogP contribution in [-0.4, -0.2) is 35.4 Å². The number of fused-ring (bicyclic) bond motifs is 1. The molecule has 0 fully saturated rings. The third-order valence-corrected chi connectivity index (χ3v) is 5.31. The Bertz CT molecular complexity index is 823. The standard InChI is InChI=1S/C20H27N6.BrH/c1-5-17-10-9-11-18(14-17)23-25-15-21-22-19-12-13-24(20(19)25)16-26(6-2,7-3)8-4;/h1,9-14,23H,6-8,15-16H2,2-4H3;1H/q+1;/p-1. The van der Waals surface area contributed by atoms with Crippen molar-refractivity contribution in [1.29, 1.82) is 0 Å². The van der Waals surface area contributed by atoms with Gasteiger partial charge in [-0.25, -0.2) is 5.01 Å². The Hall–Kier alpha value is -2.30. The van der Waals surface area contributed by atoms with Crippen molar-refractivity contribution in [3.8, 4) is 12.3 Å². The summed E-state index contributed by atoms with van der Waals surface area (Å²) in [7, 11) is 0. The van der Waals surface area contributed by atoms with Crippen molar-refractivity contribution in [2.45, 2.75) is 27.4 Å². The maximum Gasteiger partial charge on any atom is 0.161 e. The summed E-state index contributed by atoms with van der Waals surface area (Å²) in [5.74, 6) is 3.72. The van der Waals surface area contributed by atoms with Gasteiger partial charge in [0.25, 0.3) is 0 Å². The molecule has 1 aliphatic rings. The monoisotopic (exact) mass is 430 g/mol. The first kappa shape index (κ1) is 21.0. The van der Waals surface area contributed by atoms with Crippen LogP contribution in [0.25, 0.3) is 0 Å². The van der Waals surface area contributed by atoms with E-state index in [1.807, 2.05) is 35.3 Å². The van der Waals surface area contributed by atoms with E-state index in [4.69, 9.17) is 6.42 Å². The molecule has 7 heteroatoms. The highest BCUT2D eigenvalue weighted by Gasteiger charge is 2.27. The van der Waals surface area contributed by atoms with Crippen LogP contribution in [0.1, 0.15) is 26.3 Å². The number of benzene rings is 1. The second-order valence-electron chi connectivity index (χ2n) is 6.57. The molecule has 0 amide bonds. The number of rotatable bonds is 7. The fourth-order valence-electron chi connectivity index (χ4n) is 3.39. The molecule has 27 heavy (non-hydrogen) atoms. The molecular formula is C20H27BrN6. The molecule has 1 aromatic heterocycles. The number of terminal acetylenes is 1. The highest BCUT2D eigenvalue weighted by molar-refractivity contribution is 5.67. The molecule has 0 spiro atoms. The first-order valence-corrected chi connectivity index (χ1v) is 9.17. The zero-order valence-electron chi connectivity index (χ0n) is 16.2. The Morgan fingerprint density at radius 1 is 1.19 bits per heavy atom. The lowest BCUT2D eigenvalue weighted by Gasteiger charge is -2.37. The van der Waals surface area contributed by atoms with Gasteiger partial charge in [0.2, 0.25) is 0 Å². The van der Waals surface area contributed by atoms with E-state index in [-0.39, 0.29) is 17.0 Å². The number of quaternary nitrogens is 1. The summed E-state index contributed by atoms with van der Waals surface area (Å²) in [6.45, 7) is 11.4. The van der Waals surface area contributed by atoms with Crippen molar-refractivity contribution in [3.05, 3.63) is 42.1 Å². The summed E-state index contributed by atoms with van der Waals surface area (Å²) >= 11 is 0. The molecule has 1 aromatic carbocycles. The zero-order chi connectivity index (χ0) is 18.6. The molecule has 6 nitrogen and oxygen atoms in total. The molecule has 1 aliphatic heterocycles. The van der Waals surface area contributed by atoms with Crippen LogP contribution in [0.3, 0.4) is 0 Å². The van der Waals surface area contributed by atoms with Gasteiger partial charge in [-0.15, -0.1) is 6.42 Å². The largest absolute Gasteiger partial charge is 1.00 e. The Morgan fingerprint density at radius 3 is 2.59 bits per heavy atom. The lowest BCUT2D eigenvalue weighted by atomic mass is 10.2. The number of nitrogens with zero attached hydrogens (tertiary/aromatic N) is 5. The van der Waals surface area contributed by atoms with Gasteiger partial charge in [-0.1, -0.05) is 12.0 Å². The van der Waals surface area contributed by atoms with Gasteiger partial charge in [-0.05, 0) is 45.0 Å². The van der Waals surface area contributed by atoms with E-state index in [1.165, 1.54) is 0 Å². The maximum absolute atomic E-state index is 5.52. The van der Waals surface area contributed by atoms with Gasteiger partial charge in [-0.2, -0.15) is 10.2 Å². The van der Waals surface area contributed by atoms with Crippen LogP contribution in [-0.2, 0) is 6.67 Å². The molecule has 0 saturated heterocycles. The summed E-state index contributed by atoms with van der Waals surface area (Å²) < 4.78 is 3.31. The molecule has 0 aliphatic carbocycles. The number of hydrogen-bond acceptors (Lipinski definition) is 4. The maximum atomic E-state index is 5.52. The van der Waals surface area contributed by atoms with E-state index in [0.29, 0.717) is 6.67 Å². The summed E-state index contributed by atoms with van der Waals surface area (Å²) in [5.41, 5.74) is 6.11. The summed E-state index contributed by atoms with van der Waals surface area (Å²) in [5, 5.41) is 10.6. The van der Waals surface area contributed by atoms with Crippen LogP contribution in [0.5, 0.6) is 0 Å². The molecule has 3 rings (SSSR count). The predicted molar refractivity (Wildman–Crippen MR) is 106 cm³/mol. The number of aromatic nitrogens is 1. The normalized spacial score (nSPS) is 12.9. The van der Waals surface area contributed by atoms with Gasteiger partial charge in [0, 0.05) is 11.8 Å². The van der Waals surface area contributed by atoms with Crippen LogP contribution >= 0.6 is 0 Å². The van der Waals surface area contributed by atoms with Gasteiger partial charge in [0.1, 0.15) is 5.69 Å². The van der Waals surface area contributed by atoms with Gasteiger partial charge in [0.15, 0.2) is 19.2 Å². The number of hydrogen-bond donors (Lipinski definition) is 1. The molecular weight excluding hydrogens is 404 g/mol. The van der Waals surface area contributed by atoms with Crippen LogP contribution < -0.4 is 27.4 Å². The molecule has 2 aromatic rings. The Labute approximate surface area is 172 Å². The number of azo groups is 1.